The maximum atomic E-state index is 11.5. The lowest BCUT2D eigenvalue weighted by atomic mass is 10.1. The fraction of sp³-hybridized carbons (Fsp3) is 0.400. The number of hydrogen-bond acceptors (Lipinski definition) is 3. The second kappa shape index (κ2) is 4.29. The molecule has 1 N–H and O–H groups in total. The Morgan fingerprint density at radius 3 is 3.12 bits per heavy atom. The van der Waals surface area contributed by atoms with E-state index >= 15 is 0 Å². The molecule has 86 valence electrons. The van der Waals surface area contributed by atoms with E-state index in [1.54, 1.807) is 12.1 Å². The lowest BCUT2D eigenvalue weighted by Gasteiger charge is -2.26. The third-order valence-electron chi connectivity index (χ3n) is 2.59. The number of rotatable bonds is 2. The number of carbonyl (C=O) groups excluding carboxylic acids is 2. The summed E-state index contributed by atoms with van der Waals surface area (Å²) in [5.74, 6) is -0.403. The van der Waals surface area contributed by atoms with Crippen molar-refractivity contribution in [2.45, 2.75) is 12.5 Å². The van der Waals surface area contributed by atoms with E-state index in [0.29, 0.717) is 12.2 Å². The molecule has 5 nitrogen and oxygen atoms in total. The lowest BCUT2D eigenvalue weighted by molar-refractivity contribution is -0.141. The average molecular weight is 287 g/mol. The molecule has 0 radical (unpaired) electrons. The first-order valence-electron chi connectivity index (χ1n) is 4.85. The molecule has 16 heavy (non-hydrogen) atoms. The number of ether oxygens (including phenoxy) is 1. The molecule has 0 bridgehead atoms. The van der Waals surface area contributed by atoms with Crippen LogP contribution in [0.25, 0.3) is 0 Å². The van der Waals surface area contributed by atoms with Crippen molar-refractivity contribution in [3.63, 3.8) is 0 Å². The van der Waals surface area contributed by atoms with Crippen molar-refractivity contribution in [2.75, 3.05) is 13.7 Å². The Morgan fingerprint density at radius 2 is 2.44 bits per heavy atom. The van der Waals surface area contributed by atoms with Gasteiger partial charge in [-0.05, 0) is 28.1 Å². The van der Waals surface area contributed by atoms with Crippen LogP contribution in [0.1, 0.15) is 23.0 Å². The van der Waals surface area contributed by atoms with Crippen LogP contribution in [0.4, 0.5) is 0 Å². The number of nitrogens with one attached hydrogen (secondary N) is 1. The zero-order valence-electron chi connectivity index (χ0n) is 8.70. The average Bonchev–Trinajstić information content (AvgIpc) is 2.66. The van der Waals surface area contributed by atoms with Crippen molar-refractivity contribution in [1.82, 2.24) is 9.88 Å². The number of amides is 1. The number of methoxy groups -OCH3 is 1. The number of fused-ring (bicyclic) bond motifs is 1. The summed E-state index contributed by atoms with van der Waals surface area (Å²) in [6.45, 7) is 0.439. The van der Waals surface area contributed by atoms with Crippen molar-refractivity contribution in [2.24, 2.45) is 0 Å². The van der Waals surface area contributed by atoms with Gasteiger partial charge < -0.3 is 14.6 Å². The fourth-order valence-electron chi connectivity index (χ4n) is 1.81. The SMILES string of the molecule is COC(=O)C[C@H]1CNC(=O)c2ccc(Br)n21. The number of esters is 1. The van der Waals surface area contributed by atoms with Crippen LogP contribution in [0.5, 0.6) is 0 Å². The molecule has 6 heteroatoms. The van der Waals surface area contributed by atoms with Gasteiger partial charge in [0.05, 0.1) is 24.2 Å². The van der Waals surface area contributed by atoms with Crippen LogP contribution in [0.15, 0.2) is 16.7 Å². The number of carbonyl (C=O) groups is 2. The third-order valence-corrected chi connectivity index (χ3v) is 3.24. The molecule has 2 rings (SSSR count). The van der Waals surface area contributed by atoms with Crippen molar-refractivity contribution in [1.29, 1.82) is 0 Å². The third kappa shape index (κ3) is 1.84. The molecule has 1 aromatic rings. The molecule has 0 saturated heterocycles. The Labute approximate surface area is 101 Å². The molecule has 0 saturated carbocycles. The van der Waals surface area contributed by atoms with Crippen LogP contribution in [0, 0.1) is 0 Å². The summed E-state index contributed by atoms with van der Waals surface area (Å²) < 4.78 is 7.24. The minimum Gasteiger partial charge on any atom is -0.469 e. The first-order valence-corrected chi connectivity index (χ1v) is 5.64. The normalized spacial score (nSPS) is 18.9. The van der Waals surface area contributed by atoms with Gasteiger partial charge in [-0.3, -0.25) is 9.59 Å². The summed E-state index contributed by atoms with van der Waals surface area (Å²) in [5.41, 5.74) is 0.562. The molecule has 1 aliphatic heterocycles. The van der Waals surface area contributed by atoms with Crippen LogP contribution in [-0.2, 0) is 9.53 Å². The van der Waals surface area contributed by atoms with Crippen molar-refractivity contribution >= 4 is 27.8 Å². The number of aromatic nitrogens is 1. The zero-order valence-corrected chi connectivity index (χ0v) is 10.3. The predicted octanol–water partition coefficient (Wildman–Crippen LogP) is 1.10. The van der Waals surface area contributed by atoms with Crippen molar-refractivity contribution in [3.8, 4) is 0 Å². The summed E-state index contributed by atoms with van der Waals surface area (Å²) in [7, 11) is 1.36. The van der Waals surface area contributed by atoms with E-state index in [1.165, 1.54) is 7.11 Å². The summed E-state index contributed by atoms with van der Waals surface area (Å²) in [5, 5.41) is 2.74. The highest BCUT2D eigenvalue weighted by atomic mass is 79.9. The van der Waals surface area contributed by atoms with Gasteiger partial charge in [-0.25, -0.2) is 0 Å². The fourth-order valence-corrected chi connectivity index (χ4v) is 2.42. The minimum atomic E-state index is -0.285. The van der Waals surface area contributed by atoms with Crippen LogP contribution in [0.2, 0.25) is 0 Å². The first-order chi connectivity index (χ1) is 7.63. The van der Waals surface area contributed by atoms with Gasteiger partial charge in [-0.2, -0.15) is 0 Å². The van der Waals surface area contributed by atoms with Gasteiger partial charge >= 0.3 is 5.97 Å². The van der Waals surface area contributed by atoms with Gasteiger partial charge in [0.15, 0.2) is 0 Å². The highest BCUT2D eigenvalue weighted by Gasteiger charge is 2.28. The minimum absolute atomic E-state index is 0.0930. The van der Waals surface area contributed by atoms with Gasteiger partial charge in [-0.1, -0.05) is 0 Å². The highest BCUT2D eigenvalue weighted by Crippen LogP contribution is 2.26. The zero-order chi connectivity index (χ0) is 11.7. The molecule has 0 aromatic carbocycles. The Kier molecular flexibility index (Phi) is 3.00. The van der Waals surface area contributed by atoms with E-state index in [4.69, 9.17) is 0 Å². The van der Waals surface area contributed by atoms with E-state index in [0.717, 1.165) is 4.60 Å². The molecule has 1 aromatic heterocycles. The van der Waals surface area contributed by atoms with E-state index < -0.39 is 0 Å². The maximum Gasteiger partial charge on any atom is 0.307 e. The summed E-state index contributed by atoms with van der Waals surface area (Å²) in [6, 6.07) is 3.43. The Hall–Kier alpha value is -1.30. The highest BCUT2D eigenvalue weighted by molar-refractivity contribution is 9.10. The topological polar surface area (TPSA) is 60.3 Å². The van der Waals surface area contributed by atoms with Crippen LogP contribution < -0.4 is 5.32 Å². The molecule has 2 heterocycles. The van der Waals surface area contributed by atoms with E-state index in [-0.39, 0.29) is 24.3 Å². The molecule has 1 aliphatic rings. The molecular weight excluding hydrogens is 276 g/mol. The Bertz CT molecular complexity index is 441. The second-order valence-electron chi connectivity index (χ2n) is 3.56. The van der Waals surface area contributed by atoms with E-state index in [2.05, 4.69) is 26.0 Å². The largest absolute Gasteiger partial charge is 0.469 e. The standard InChI is InChI=1S/C10H11BrN2O3/c1-16-9(14)4-6-5-12-10(15)7-2-3-8(11)13(6)7/h2-3,6H,4-5H2,1H3,(H,12,15)/t6-/m0/s1. The number of hydrogen-bond donors (Lipinski definition) is 1. The molecular formula is C10H11BrN2O3. The molecule has 1 amide bonds. The second-order valence-corrected chi connectivity index (χ2v) is 4.37. The Balaban J connectivity index is 2.30. The van der Waals surface area contributed by atoms with Crippen LogP contribution >= 0.6 is 15.9 Å². The smallest absolute Gasteiger partial charge is 0.307 e. The predicted molar refractivity (Wildman–Crippen MR) is 60.1 cm³/mol. The van der Waals surface area contributed by atoms with Gasteiger partial charge in [0.1, 0.15) is 5.69 Å². The Morgan fingerprint density at radius 1 is 1.69 bits per heavy atom. The summed E-state index contributed by atoms with van der Waals surface area (Å²) in [4.78, 5) is 22.8. The molecule has 0 spiro atoms. The molecule has 0 unspecified atom stereocenters. The van der Waals surface area contributed by atoms with Gasteiger partial charge in [0.2, 0.25) is 0 Å². The van der Waals surface area contributed by atoms with Gasteiger partial charge in [0.25, 0.3) is 5.91 Å². The quantitative estimate of drug-likeness (QED) is 0.829. The summed E-state index contributed by atoms with van der Waals surface area (Å²) >= 11 is 3.36. The van der Waals surface area contributed by atoms with E-state index in [1.807, 2.05) is 4.57 Å². The lowest BCUT2D eigenvalue weighted by Crippen LogP contribution is -2.39. The first kappa shape index (κ1) is 11.2. The van der Waals surface area contributed by atoms with Crippen molar-refractivity contribution in [3.05, 3.63) is 22.4 Å². The van der Waals surface area contributed by atoms with Gasteiger partial charge in [0, 0.05) is 6.54 Å². The van der Waals surface area contributed by atoms with Crippen LogP contribution in [-0.4, -0.2) is 30.1 Å². The van der Waals surface area contributed by atoms with Crippen LogP contribution in [0.3, 0.4) is 0 Å². The van der Waals surface area contributed by atoms with Crippen molar-refractivity contribution < 1.29 is 14.3 Å². The monoisotopic (exact) mass is 286 g/mol. The molecule has 1 atom stereocenters. The maximum absolute atomic E-state index is 11.5. The van der Waals surface area contributed by atoms with Gasteiger partial charge in [-0.15, -0.1) is 0 Å². The molecule has 0 fully saturated rings. The summed E-state index contributed by atoms with van der Waals surface area (Å²) in [6.07, 6.45) is 0.247. The molecule has 0 aliphatic carbocycles. The number of nitrogens with zero attached hydrogens (tertiary/aromatic N) is 1. The van der Waals surface area contributed by atoms with E-state index in [9.17, 15) is 9.59 Å². The number of halogens is 1.